The SMILES string of the molecule is O=C1N(c2ccccc2)COCN1c1ccccc1. The molecule has 3 rings (SSSR count). The summed E-state index contributed by atoms with van der Waals surface area (Å²) in [5.41, 5.74) is 1.68. The molecule has 0 atom stereocenters. The molecule has 2 aromatic rings. The molecule has 1 aliphatic heterocycles. The van der Waals surface area contributed by atoms with Gasteiger partial charge in [-0.05, 0) is 24.3 Å². The average Bonchev–Trinajstić information content (AvgIpc) is 2.49. The van der Waals surface area contributed by atoms with Gasteiger partial charge in [-0.3, -0.25) is 9.80 Å². The van der Waals surface area contributed by atoms with Crippen LogP contribution in [0, 0.1) is 0 Å². The van der Waals surface area contributed by atoms with Crippen molar-refractivity contribution in [3.63, 3.8) is 0 Å². The number of nitrogens with zero attached hydrogens (tertiary/aromatic N) is 2. The van der Waals surface area contributed by atoms with Gasteiger partial charge in [-0.15, -0.1) is 0 Å². The van der Waals surface area contributed by atoms with E-state index in [0.717, 1.165) is 11.4 Å². The minimum Gasteiger partial charge on any atom is -0.340 e. The molecule has 2 amide bonds. The Balaban J connectivity index is 1.88. The summed E-state index contributed by atoms with van der Waals surface area (Å²) in [4.78, 5) is 15.7. The number of carbonyl (C=O) groups is 1. The number of carbonyl (C=O) groups excluding carboxylic acids is 1. The fourth-order valence-electron chi connectivity index (χ4n) is 2.07. The van der Waals surface area contributed by atoms with Gasteiger partial charge in [0.25, 0.3) is 0 Å². The maximum Gasteiger partial charge on any atom is 0.332 e. The van der Waals surface area contributed by atoms with Crippen molar-refractivity contribution < 1.29 is 9.53 Å². The first-order valence-electron chi connectivity index (χ1n) is 6.13. The summed E-state index contributed by atoms with van der Waals surface area (Å²) >= 11 is 0. The number of hydrogen-bond donors (Lipinski definition) is 0. The zero-order chi connectivity index (χ0) is 13.1. The highest BCUT2D eigenvalue weighted by Gasteiger charge is 2.28. The zero-order valence-electron chi connectivity index (χ0n) is 10.4. The smallest absolute Gasteiger partial charge is 0.332 e. The maximum atomic E-state index is 12.5. The van der Waals surface area contributed by atoms with Crippen molar-refractivity contribution in [3.8, 4) is 0 Å². The number of amides is 2. The third kappa shape index (κ3) is 2.30. The third-order valence-corrected chi connectivity index (χ3v) is 3.04. The molecule has 0 saturated carbocycles. The molecule has 19 heavy (non-hydrogen) atoms. The molecule has 0 aromatic heterocycles. The van der Waals surface area contributed by atoms with Gasteiger partial charge in [0.05, 0.1) is 0 Å². The lowest BCUT2D eigenvalue weighted by Crippen LogP contribution is -2.51. The van der Waals surface area contributed by atoms with E-state index < -0.39 is 0 Å². The largest absolute Gasteiger partial charge is 0.340 e. The highest BCUT2D eigenvalue weighted by atomic mass is 16.5. The molecule has 96 valence electrons. The molecule has 1 fully saturated rings. The van der Waals surface area contributed by atoms with E-state index in [1.165, 1.54) is 0 Å². The van der Waals surface area contributed by atoms with Crippen LogP contribution < -0.4 is 9.80 Å². The number of para-hydroxylation sites is 2. The van der Waals surface area contributed by atoms with Crippen LogP contribution in [0.2, 0.25) is 0 Å². The summed E-state index contributed by atoms with van der Waals surface area (Å²) in [6, 6.07) is 19.0. The Morgan fingerprint density at radius 2 is 1.16 bits per heavy atom. The molecule has 0 radical (unpaired) electrons. The van der Waals surface area contributed by atoms with Gasteiger partial charge in [0.2, 0.25) is 0 Å². The van der Waals surface area contributed by atoms with Crippen molar-refractivity contribution in [1.29, 1.82) is 0 Å². The van der Waals surface area contributed by atoms with Gasteiger partial charge in [-0.1, -0.05) is 36.4 Å². The number of benzene rings is 2. The Labute approximate surface area is 111 Å². The van der Waals surface area contributed by atoms with Crippen LogP contribution in [0.4, 0.5) is 16.2 Å². The van der Waals surface area contributed by atoms with Gasteiger partial charge in [-0.25, -0.2) is 4.79 Å². The molecule has 0 unspecified atom stereocenters. The summed E-state index contributed by atoms with van der Waals surface area (Å²) in [6.07, 6.45) is 0. The van der Waals surface area contributed by atoms with Crippen molar-refractivity contribution in [2.24, 2.45) is 0 Å². The van der Waals surface area contributed by atoms with Crippen LogP contribution in [0.25, 0.3) is 0 Å². The summed E-state index contributed by atoms with van der Waals surface area (Å²) in [6.45, 7) is 0.568. The Bertz CT molecular complexity index is 507. The predicted octanol–water partition coefficient (Wildman–Crippen LogP) is 3.06. The lowest BCUT2D eigenvalue weighted by atomic mass is 10.3. The van der Waals surface area contributed by atoms with E-state index in [9.17, 15) is 4.79 Å². The molecule has 0 aliphatic carbocycles. The minimum atomic E-state index is -0.0661. The van der Waals surface area contributed by atoms with E-state index in [0.29, 0.717) is 0 Å². The van der Waals surface area contributed by atoms with Crippen molar-refractivity contribution in [2.45, 2.75) is 0 Å². The number of urea groups is 1. The zero-order valence-corrected chi connectivity index (χ0v) is 10.4. The van der Waals surface area contributed by atoms with Crippen LogP contribution in [0.3, 0.4) is 0 Å². The van der Waals surface area contributed by atoms with Crippen LogP contribution in [-0.4, -0.2) is 19.5 Å². The third-order valence-electron chi connectivity index (χ3n) is 3.04. The van der Waals surface area contributed by atoms with E-state index in [-0.39, 0.29) is 19.5 Å². The highest BCUT2D eigenvalue weighted by Crippen LogP contribution is 2.23. The quantitative estimate of drug-likeness (QED) is 0.825. The molecule has 0 N–H and O–H groups in total. The van der Waals surface area contributed by atoms with E-state index >= 15 is 0 Å². The van der Waals surface area contributed by atoms with Crippen molar-refractivity contribution in [1.82, 2.24) is 0 Å². The minimum absolute atomic E-state index is 0.0661. The molecule has 0 spiro atoms. The standard InChI is InChI=1S/C15H14N2O2/c18-15-16(13-7-3-1-4-8-13)11-19-12-17(15)14-9-5-2-6-10-14/h1-10H,11-12H2. The van der Waals surface area contributed by atoms with Gasteiger partial charge in [-0.2, -0.15) is 0 Å². The second-order valence-corrected chi connectivity index (χ2v) is 4.27. The first-order chi connectivity index (χ1) is 9.36. The van der Waals surface area contributed by atoms with Crippen molar-refractivity contribution in [3.05, 3.63) is 60.7 Å². The van der Waals surface area contributed by atoms with E-state index in [4.69, 9.17) is 4.74 Å². The van der Waals surface area contributed by atoms with Crippen LogP contribution in [0.15, 0.2) is 60.7 Å². The Kier molecular flexibility index (Phi) is 3.16. The average molecular weight is 254 g/mol. The second kappa shape index (κ2) is 5.12. The van der Waals surface area contributed by atoms with E-state index in [1.54, 1.807) is 9.80 Å². The van der Waals surface area contributed by atoms with E-state index in [1.807, 2.05) is 60.7 Å². The van der Waals surface area contributed by atoms with Gasteiger partial charge >= 0.3 is 6.03 Å². The summed E-state index contributed by atoms with van der Waals surface area (Å²) in [5, 5.41) is 0. The molecule has 4 heteroatoms. The predicted molar refractivity (Wildman–Crippen MR) is 74.1 cm³/mol. The fraction of sp³-hybridized carbons (Fsp3) is 0.133. The number of ether oxygens (including phenoxy) is 1. The van der Waals surface area contributed by atoms with Crippen LogP contribution in [0.5, 0.6) is 0 Å². The molecule has 2 aromatic carbocycles. The summed E-state index contributed by atoms with van der Waals surface area (Å²) in [7, 11) is 0. The lowest BCUT2D eigenvalue weighted by Gasteiger charge is -2.35. The van der Waals surface area contributed by atoms with Crippen LogP contribution in [-0.2, 0) is 4.74 Å². The molecule has 1 heterocycles. The second-order valence-electron chi connectivity index (χ2n) is 4.27. The summed E-state index contributed by atoms with van der Waals surface area (Å²) in [5.74, 6) is 0. The van der Waals surface area contributed by atoms with Gasteiger partial charge in [0.1, 0.15) is 13.5 Å². The van der Waals surface area contributed by atoms with Crippen molar-refractivity contribution >= 4 is 17.4 Å². The Morgan fingerprint density at radius 1 is 0.737 bits per heavy atom. The topological polar surface area (TPSA) is 32.8 Å². The highest BCUT2D eigenvalue weighted by molar-refractivity contribution is 6.03. The van der Waals surface area contributed by atoms with Crippen LogP contribution in [0.1, 0.15) is 0 Å². The van der Waals surface area contributed by atoms with Crippen LogP contribution >= 0.6 is 0 Å². The van der Waals surface area contributed by atoms with E-state index in [2.05, 4.69) is 0 Å². The Hall–Kier alpha value is -2.33. The maximum absolute atomic E-state index is 12.5. The number of hydrogen-bond acceptors (Lipinski definition) is 2. The monoisotopic (exact) mass is 254 g/mol. The Morgan fingerprint density at radius 3 is 1.58 bits per heavy atom. The fourth-order valence-corrected chi connectivity index (χ4v) is 2.07. The molecule has 0 bridgehead atoms. The lowest BCUT2D eigenvalue weighted by molar-refractivity contribution is 0.118. The molecular weight excluding hydrogens is 240 g/mol. The van der Waals surface area contributed by atoms with Crippen molar-refractivity contribution in [2.75, 3.05) is 23.3 Å². The number of anilines is 2. The first-order valence-corrected chi connectivity index (χ1v) is 6.13. The molecule has 1 aliphatic rings. The summed E-state index contributed by atoms with van der Waals surface area (Å²) < 4.78 is 5.50. The number of rotatable bonds is 2. The first kappa shape index (κ1) is 11.7. The molecule has 4 nitrogen and oxygen atoms in total. The van der Waals surface area contributed by atoms with Gasteiger partial charge in [0.15, 0.2) is 0 Å². The normalized spacial score (nSPS) is 15.7. The van der Waals surface area contributed by atoms with Gasteiger partial charge < -0.3 is 4.74 Å². The van der Waals surface area contributed by atoms with Gasteiger partial charge in [0, 0.05) is 11.4 Å². The molecule has 1 saturated heterocycles. The molecular formula is C15H14N2O2.